The van der Waals surface area contributed by atoms with Crippen molar-refractivity contribution in [2.24, 2.45) is 17.8 Å². The number of nitriles is 1. The average Bonchev–Trinajstić information content (AvgIpc) is 3.44. The van der Waals surface area contributed by atoms with Crippen LogP contribution in [0.3, 0.4) is 0 Å². The maximum atomic E-state index is 15.1. The van der Waals surface area contributed by atoms with Crippen LogP contribution in [-0.4, -0.2) is 54.8 Å². The molecule has 1 N–H and O–H groups in total. The number of amides is 2. The maximum absolute atomic E-state index is 15.1. The first-order valence-electron chi connectivity index (χ1n) is 14.0. The van der Waals surface area contributed by atoms with Gasteiger partial charge in [-0.15, -0.1) is 0 Å². The number of nitrogens with zero attached hydrogens (tertiary/aromatic N) is 2. The molecule has 6 atom stereocenters. The van der Waals surface area contributed by atoms with E-state index in [0.717, 1.165) is 0 Å². The van der Waals surface area contributed by atoms with Crippen molar-refractivity contribution in [2.45, 2.75) is 83.0 Å². The van der Waals surface area contributed by atoms with Crippen molar-refractivity contribution in [1.29, 1.82) is 5.26 Å². The van der Waals surface area contributed by atoms with Crippen molar-refractivity contribution in [3.8, 4) is 17.2 Å². The molecule has 1 saturated carbocycles. The molecule has 2 aromatic carbocycles. The van der Waals surface area contributed by atoms with Crippen LogP contribution >= 0.6 is 0 Å². The minimum atomic E-state index is -3.34. The summed E-state index contributed by atoms with van der Waals surface area (Å²) >= 11 is 0. The normalized spacial score (nSPS) is 24.5. The fourth-order valence-corrected chi connectivity index (χ4v) is 6.93. The van der Waals surface area contributed by atoms with Crippen molar-refractivity contribution in [2.75, 3.05) is 5.75 Å². The number of benzene rings is 2. The molecule has 0 unspecified atom stereocenters. The number of rotatable bonds is 7. The lowest BCUT2D eigenvalue weighted by molar-refractivity contribution is -0.130. The highest BCUT2D eigenvalue weighted by Gasteiger charge is 2.58. The predicted octanol–water partition coefficient (Wildman–Crippen LogP) is 5.12. The topological polar surface area (TPSA) is 117 Å². The van der Waals surface area contributed by atoms with Crippen LogP contribution in [0.15, 0.2) is 47.4 Å². The smallest absolute Gasteiger partial charge is 0.411 e. The predicted molar refractivity (Wildman–Crippen MR) is 153 cm³/mol. The number of carbonyl (C=O) groups is 2. The third-order valence-corrected chi connectivity index (χ3v) is 10.2. The van der Waals surface area contributed by atoms with Crippen LogP contribution in [0, 0.1) is 34.9 Å². The number of hydrogen-bond acceptors (Lipinski definition) is 6. The molecule has 4 rings (SSSR count). The summed E-state index contributed by atoms with van der Waals surface area (Å²) in [4.78, 5) is 28.4. The average molecular weight is 584 g/mol. The summed E-state index contributed by atoms with van der Waals surface area (Å²) in [5.41, 5.74) is 0.743. The van der Waals surface area contributed by atoms with Gasteiger partial charge in [0.25, 0.3) is 0 Å². The molecule has 0 spiro atoms. The molecule has 2 aliphatic rings. The Hall–Kier alpha value is -3.45. The summed E-state index contributed by atoms with van der Waals surface area (Å²) < 4.78 is 44.9. The van der Waals surface area contributed by atoms with Crippen LogP contribution in [0.1, 0.15) is 53.5 Å². The molecule has 2 aromatic rings. The van der Waals surface area contributed by atoms with Crippen LogP contribution in [0.5, 0.6) is 0 Å². The molecule has 8 nitrogen and oxygen atoms in total. The van der Waals surface area contributed by atoms with Crippen molar-refractivity contribution in [3.63, 3.8) is 0 Å². The summed E-state index contributed by atoms with van der Waals surface area (Å²) in [6.07, 6.45) is 0.0962. The van der Waals surface area contributed by atoms with Crippen molar-refractivity contribution in [3.05, 3.63) is 53.8 Å². The van der Waals surface area contributed by atoms with Gasteiger partial charge in [0, 0.05) is 12.5 Å². The summed E-state index contributed by atoms with van der Waals surface area (Å²) in [7, 11) is -3.34. The number of nitrogens with one attached hydrogen (secondary N) is 1. The van der Waals surface area contributed by atoms with Crippen LogP contribution in [0.25, 0.3) is 11.1 Å². The second kappa shape index (κ2) is 11.4. The van der Waals surface area contributed by atoms with Gasteiger partial charge in [0.1, 0.15) is 23.5 Å². The standard InChI is InChI=1S/C31H38FN3O5S/c1-7-41(38,39)24-12-10-20(11-13-24)21-8-9-22(26(32)15-21)14-23(17-33)34-29(36)28-25-16-27(19(3)18(25)2)35(28)30(37)40-31(4,5)6/h8-13,15,18-19,23,25,27-28H,7,14,16H2,1-6H3,(H,34,36)/t18-,19+,23+,25-,27+,28+/m1/s1. The van der Waals surface area contributed by atoms with Gasteiger partial charge in [-0.3, -0.25) is 9.69 Å². The minimum absolute atomic E-state index is 0.00850. The fourth-order valence-electron chi connectivity index (χ4n) is 6.05. The van der Waals surface area contributed by atoms with Gasteiger partial charge < -0.3 is 10.1 Å². The van der Waals surface area contributed by atoms with Crippen LogP contribution in [0.2, 0.25) is 0 Å². The molecule has 1 aliphatic heterocycles. The highest BCUT2D eigenvalue weighted by atomic mass is 32.2. The Kier molecular flexibility index (Phi) is 8.51. The van der Waals surface area contributed by atoms with Gasteiger partial charge in [-0.1, -0.05) is 45.0 Å². The number of carbonyl (C=O) groups excluding carboxylic acids is 2. The molecular formula is C31H38FN3O5S. The second-order valence-electron chi connectivity index (χ2n) is 12.1. The molecule has 2 amide bonds. The molecule has 2 fully saturated rings. The third-order valence-electron chi connectivity index (χ3n) is 8.44. The molecule has 220 valence electrons. The molecule has 0 aromatic heterocycles. The largest absolute Gasteiger partial charge is 0.444 e. The Balaban J connectivity index is 1.48. The number of hydrogen-bond donors (Lipinski definition) is 1. The first kappa shape index (κ1) is 30.5. The first-order chi connectivity index (χ1) is 19.2. The van der Waals surface area contributed by atoms with Gasteiger partial charge in [0.05, 0.1) is 16.7 Å². The van der Waals surface area contributed by atoms with Gasteiger partial charge in [0.2, 0.25) is 5.91 Å². The van der Waals surface area contributed by atoms with Gasteiger partial charge in [0.15, 0.2) is 9.84 Å². The fraction of sp³-hybridized carbons (Fsp3) is 0.516. The molecule has 0 radical (unpaired) electrons. The number of fused-ring (bicyclic) bond motifs is 2. The van der Waals surface area contributed by atoms with E-state index in [1.54, 1.807) is 52.0 Å². The second-order valence-corrected chi connectivity index (χ2v) is 14.4. The summed E-state index contributed by atoms with van der Waals surface area (Å²) in [5.74, 6) is -0.616. The minimum Gasteiger partial charge on any atom is -0.444 e. The molecular weight excluding hydrogens is 545 g/mol. The van der Waals surface area contributed by atoms with Gasteiger partial charge in [-0.2, -0.15) is 5.26 Å². The number of likely N-dealkylation sites (tertiary alicyclic amines) is 1. The van der Waals surface area contributed by atoms with E-state index in [1.807, 2.05) is 0 Å². The lowest BCUT2D eigenvalue weighted by atomic mass is 9.83. The van der Waals surface area contributed by atoms with Crippen molar-refractivity contribution < 1.29 is 27.1 Å². The van der Waals surface area contributed by atoms with E-state index < -0.39 is 45.3 Å². The monoisotopic (exact) mass is 583 g/mol. The highest BCUT2D eigenvalue weighted by molar-refractivity contribution is 7.91. The SMILES string of the molecule is CCS(=O)(=O)c1ccc(-c2ccc(C[C@@H](C#N)NC(=O)[C@@H]3[C@@H]4C[C@@H]([C@@H](C)[C@H]4C)N3C(=O)OC(C)(C)C)c(F)c2)cc1. The molecule has 2 bridgehead atoms. The van der Waals surface area contributed by atoms with E-state index in [9.17, 15) is 23.3 Å². The van der Waals surface area contributed by atoms with E-state index in [0.29, 0.717) is 17.5 Å². The third kappa shape index (κ3) is 6.25. The van der Waals surface area contributed by atoms with E-state index in [2.05, 4.69) is 25.2 Å². The lowest BCUT2D eigenvalue weighted by Crippen LogP contribution is -2.58. The van der Waals surface area contributed by atoms with Crippen LogP contribution < -0.4 is 5.32 Å². The molecule has 1 aliphatic carbocycles. The Labute approximate surface area is 241 Å². The zero-order valence-corrected chi connectivity index (χ0v) is 25.2. The summed E-state index contributed by atoms with van der Waals surface area (Å²) in [6.45, 7) is 11.1. The number of piperidine rings is 1. The Morgan fingerprint density at radius 2 is 1.76 bits per heavy atom. The quantitative estimate of drug-likeness (QED) is 0.484. The van der Waals surface area contributed by atoms with Crippen molar-refractivity contribution in [1.82, 2.24) is 10.2 Å². The zero-order valence-electron chi connectivity index (χ0n) is 24.3. The van der Waals surface area contributed by atoms with E-state index >= 15 is 4.39 Å². The zero-order chi connectivity index (χ0) is 30.3. The number of sulfone groups is 1. The maximum Gasteiger partial charge on any atom is 0.411 e. The summed E-state index contributed by atoms with van der Waals surface area (Å²) in [6, 6.07) is 11.0. The lowest BCUT2D eigenvalue weighted by Gasteiger charge is -2.41. The van der Waals surface area contributed by atoms with E-state index in [4.69, 9.17) is 4.74 Å². The molecule has 1 heterocycles. The van der Waals surface area contributed by atoms with Crippen molar-refractivity contribution >= 4 is 21.8 Å². The van der Waals surface area contributed by atoms with Gasteiger partial charge >= 0.3 is 6.09 Å². The molecule has 10 heteroatoms. The summed E-state index contributed by atoms with van der Waals surface area (Å²) in [5, 5.41) is 12.6. The van der Waals surface area contributed by atoms with Gasteiger partial charge in [-0.25, -0.2) is 17.6 Å². The number of halogens is 1. The Bertz CT molecular complexity index is 1460. The number of ether oxygens (including phenoxy) is 1. The highest BCUT2D eigenvalue weighted by Crippen LogP contribution is 2.50. The van der Waals surface area contributed by atoms with Crippen LogP contribution in [-0.2, 0) is 25.8 Å². The molecule has 1 saturated heterocycles. The van der Waals surface area contributed by atoms with E-state index in [1.165, 1.54) is 23.1 Å². The molecule has 41 heavy (non-hydrogen) atoms. The van der Waals surface area contributed by atoms with E-state index in [-0.39, 0.29) is 46.4 Å². The first-order valence-corrected chi connectivity index (χ1v) is 15.6. The Morgan fingerprint density at radius 1 is 1.12 bits per heavy atom. The van der Waals surface area contributed by atoms with Crippen LogP contribution in [0.4, 0.5) is 9.18 Å². The van der Waals surface area contributed by atoms with Gasteiger partial charge in [-0.05, 0) is 79.8 Å². The Morgan fingerprint density at radius 3 is 2.32 bits per heavy atom.